The maximum absolute atomic E-state index is 11.3. The van der Waals surface area contributed by atoms with Gasteiger partial charge in [-0.1, -0.05) is 0 Å². The zero-order valence-corrected chi connectivity index (χ0v) is 10.6. The standard InChI is InChI=1S/C12H17NO2S/c1-8(2)15-12(14)7-16-10-4-5-11(13)9(3)6-10/h4-6,8H,7,13H2,1-3H3. The SMILES string of the molecule is Cc1cc(SCC(=O)OC(C)C)ccc1N. The fourth-order valence-electron chi connectivity index (χ4n) is 1.18. The number of aryl methyl sites for hydroxylation is 1. The molecule has 2 N–H and O–H groups in total. The van der Waals surface area contributed by atoms with Crippen molar-refractivity contribution < 1.29 is 9.53 Å². The lowest BCUT2D eigenvalue weighted by molar-refractivity contribution is -0.144. The summed E-state index contributed by atoms with van der Waals surface area (Å²) in [5, 5.41) is 0. The molecule has 0 unspecified atom stereocenters. The first kappa shape index (κ1) is 12.9. The quantitative estimate of drug-likeness (QED) is 0.498. The number of hydrogen-bond donors (Lipinski definition) is 1. The van der Waals surface area contributed by atoms with Crippen LogP contribution in [0, 0.1) is 6.92 Å². The summed E-state index contributed by atoms with van der Waals surface area (Å²) in [6.45, 7) is 5.64. The van der Waals surface area contributed by atoms with Crippen LogP contribution in [0.3, 0.4) is 0 Å². The summed E-state index contributed by atoms with van der Waals surface area (Å²) in [6.07, 6.45) is -0.0544. The van der Waals surface area contributed by atoms with Gasteiger partial charge in [-0.3, -0.25) is 4.79 Å². The van der Waals surface area contributed by atoms with Crippen LogP contribution in [-0.2, 0) is 9.53 Å². The third-order valence-electron chi connectivity index (χ3n) is 1.97. The summed E-state index contributed by atoms with van der Waals surface area (Å²) >= 11 is 1.46. The van der Waals surface area contributed by atoms with Crippen LogP contribution < -0.4 is 5.73 Å². The van der Waals surface area contributed by atoms with Gasteiger partial charge in [-0.2, -0.15) is 0 Å². The molecule has 0 aliphatic heterocycles. The van der Waals surface area contributed by atoms with Crippen molar-refractivity contribution in [3.63, 3.8) is 0 Å². The van der Waals surface area contributed by atoms with Crippen molar-refractivity contribution in [1.29, 1.82) is 0 Å². The average molecular weight is 239 g/mol. The largest absolute Gasteiger partial charge is 0.462 e. The van der Waals surface area contributed by atoms with Crippen LogP contribution in [0.4, 0.5) is 5.69 Å². The molecule has 0 atom stereocenters. The van der Waals surface area contributed by atoms with Crippen LogP contribution in [0.5, 0.6) is 0 Å². The molecule has 1 aromatic carbocycles. The van der Waals surface area contributed by atoms with E-state index in [1.807, 2.05) is 39.0 Å². The van der Waals surface area contributed by atoms with E-state index in [1.165, 1.54) is 11.8 Å². The van der Waals surface area contributed by atoms with Crippen LogP contribution in [0.25, 0.3) is 0 Å². The van der Waals surface area contributed by atoms with E-state index in [1.54, 1.807) is 0 Å². The average Bonchev–Trinajstić information content (AvgIpc) is 2.19. The van der Waals surface area contributed by atoms with Gasteiger partial charge in [-0.15, -0.1) is 11.8 Å². The highest BCUT2D eigenvalue weighted by Gasteiger charge is 2.06. The van der Waals surface area contributed by atoms with Crippen LogP contribution in [0.1, 0.15) is 19.4 Å². The molecule has 16 heavy (non-hydrogen) atoms. The molecule has 0 radical (unpaired) electrons. The van der Waals surface area contributed by atoms with Gasteiger partial charge >= 0.3 is 5.97 Å². The Hall–Kier alpha value is -1.16. The molecule has 1 aromatic rings. The minimum Gasteiger partial charge on any atom is -0.462 e. The summed E-state index contributed by atoms with van der Waals surface area (Å²) in [7, 11) is 0. The topological polar surface area (TPSA) is 52.3 Å². The second-order valence-electron chi connectivity index (χ2n) is 3.85. The second kappa shape index (κ2) is 5.80. The molecule has 4 heteroatoms. The first-order valence-electron chi connectivity index (χ1n) is 5.17. The minimum absolute atomic E-state index is 0.0544. The highest BCUT2D eigenvalue weighted by Crippen LogP contribution is 2.22. The van der Waals surface area contributed by atoms with Crippen molar-refractivity contribution in [1.82, 2.24) is 0 Å². The molecular formula is C12H17NO2S. The van der Waals surface area contributed by atoms with E-state index < -0.39 is 0 Å². The van der Waals surface area contributed by atoms with E-state index >= 15 is 0 Å². The molecule has 0 aliphatic carbocycles. The van der Waals surface area contributed by atoms with Gasteiger partial charge < -0.3 is 10.5 Å². The van der Waals surface area contributed by atoms with Crippen LogP contribution in [-0.4, -0.2) is 17.8 Å². The summed E-state index contributed by atoms with van der Waals surface area (Å²) in [6, 6.07) is 5.74. The Bertz CT molecular complexity index is 377. The molecule has 0 aliphatic rings. The molecule has 3 nitrogen and oxygen atoms in total. The third-order valence-corrected chi connectivity index (χ3v) is 2.93. The Morgan fingerprint density at radius 3 is 2.75 bits per heavy atom. The van der Waals surface area contributed by atoms with Gasteiger partial charge in [0.1, 0.15) is 0 Å². The van der Waals surface area contributed by atoms with Crippen molar-refractivity contribution >= 4 is 23.4 Å². The van der Waals surface area contributed by atoms with Gasteiger partial charge in [-0.05, 0) is 44.5 Å². The molecule has 0 saturated heterocycles. The fraction of sp³-hybridized carbons (Fsp3) is 0.417. The Kier molecular flexibility index (Phi) is 4.68. The van der Waals surface area contributed by atoms with Crippen LogP contribution in [0.15, 0.2) is 23.1 Å². The number of anilines is 1. The van der Waals surface area contributed by atoms with E-state index in [0.29, 0.717) is 5.75 Å². The van der Waals surface area contributed by atoms with Gasteiger partial charge in [0.15, 0.2) is 0 Å². The van der Waals surface area contributed by atoms with Gasteiger partial charge in [-0.25, -0.2) is 0 Å². The number of nitrogens with two attached hydrogens (primary N) is 1. The predicted octanol–water partition coefficient (Wildman–Crippen LogP) is 2.62. The lowest BCUT2D eigenvalue weighted by atomic mass is 10.2. The number of benzene rings is 1. The number of rotatable bonds is 4. The molecule has 1 rings (SSSR count). The highest BCUT2D eigenvalue weighted by atomic mass is 32.2. The Morgan fingerprint density at radius 1 is 1.50 bits per heavy atom. The first-order valence-corrected chi connectivity index (χ1v) is 6.16. The second-order valence-corrected chi connectivity index (χ2v) is 4.89. The Balaban J connectivity index is 2.48. The zero-order chi connectivity index (χ0) is 12.1. The molecule has 0 amide bonds. The molecule has 0 heterocycles. The summed E-state index contributed by atoms with van der Waals surface area (Å²) in [4.78, 5) is 12.3. The maximum atomic E-state index is 11.3. The number of carbonyl (C=O) groups is 1. The zero-order valence-electron chi connectivity index (χ0n) is 9.82. The number of hydrogen-bond acceptors (Lipinski definition) is 4. The van der Waals surface area contributed by atoms with E-state index in [0.717, 1.165) is 16.1 Å². The first-order chi connectivity index (χ1) is 7.49. The van der Waals surface area contributed by atoms with Crippen LogP contribution >= 0.6 is 11.8 Å². The lowest BCUT2D eigenvalue weighted by Gasteiger charge is -2.08. The number of thioether (sulfide) groups is 1. The smallest absolute Gasteiger partial charge is 0.316 e. The maximum Gasteiger partial charge on any atom is 0.316 e. The third kappa shape index (κ3) is 4.14. The lowest BCUT2D eigenvalue weighted by Crippen LogP contribution is -2.13. The molecular weight excluding hydrogens is 222 g/mol. The summed E-state index contributed by atoms with van der Waals surface area (Å²) in [5.41, 5.74) is 7.51. The molecule has 0 aromatic heterocycles. The van der Waals surface area contributed by atoms with Crippen molar-refractivity contribution in [2.45, 2.75) is 31.8 Å². The van der Waals surface area contributed by atoms with Crippen molar-refractivity contribution in [2.75, 3.05) is 11.5 Å². The van der Waals surface area contributed by atoms with E-state index in [2.05, 4.69) is 0 Å². The van der Waals surface area contributed by atoms with Crippen molar-refractivity contribution in [2.24, 2.45) is 0 Å². The summed E-state index contributed by atoms with van der Waals surface area (Å²) < 4.78 is 5.04. The van der Waals surface area contributed by atoms with E-state index in [4.69, 9.17) is 10.5 Å². The van der Waals surface area contributed by atoms with Gasteiger partial charge in [0.25, 0.3) is 0 Å². The molecule has 0 bridgehead atoms. The Labute approximate surface area is 100 Å². The Morgan fingerprint density at radius 2 is 2.19 bits per heavy atom. The monoisotopic (exact) mass is 239 g/mol. The molecule has 0 spiro atoms. The number of esters is 1. The van der Waals surface area contributed by atoms with Crippen LogP contribution in [0.2, 0.25) is 0 Å². The van der Waals surface area contributed by atoms with E-state index in [-0.39, 0.29) is 12.1 Å². The molecule has 88 valence electrons. The summed E-state index contributed by atoms with van der Waals surface area (Å²) in [5.74, 6) is 0.149. The fourth-order valence-corrected chi connectivity index (χ4v) is 1.95. The minimum atomic E-state index is -0.186. The van der Waals surface area contributed by atoms with Gasteiger partial charge in [0, 0.05) is 10.6 Å². The van der Waals surface area contributed by atoms with Gasteiger partial charge in [0.2, 0.25) is 0 Å². The van der Waals surface area contributed by atoms with Crippen molar-refractivity contribution in [3.05, 3.63) is 23.8 Å². The van der Waals surface area contributed by atoms with Gasteiger partial charge in [0.05, 0.1) is 11.9 Å². The predicted molar refractivity (Wildman–Crippen MR) is 67.5 cm³/mol. The molecule has 0 saturated carbocycles. The highest BCUT2D eigenvalue weighted by molar-refractivity contribution is 8.00. The number of carbonyl (C=O) groups excluding carboxylic acids is 1. The van der Waals surface area contributed by atoms with Crippen molar-refractivity contribution in [3.8, 4) is 0 Å². The number of ether oxygens (including phenoxy) is 1. The number of nitrogen functional groups attached to an aromatic ring is 1. The molecule has 0 fully saturated rings. The normalized spacial score (nSPS) is 10.5. The van der Waals surface area contributed by atoms with E-state index in [9.17, 15) is 4.79 Å².